The maximum atomic E-state index is 14.3. The SMILES string of the molecule is O=C(O)[C@@H]1C2CCC(CC2)[C@H]1Nc1cc(-c2ccccc2)nc(-c2c[nH]c3c(F)cc(F)cc23)n1. The number of halogens is 2. The van der Waals surface area contributed by atoms with Crippen LogP contribution < -0.4 is 5.32 Å². The molecule has 3 fully saturated rings. The molecular formula is C27H24F2N4O2. The van der Waals surface area contributed by atoms with Gasteiger partial charge in [-0.2, -0.15) is 0 Å². The molecule has 0 unspecified atom stereocenters. The van der Waals surface area contributed by atoms with Gasteiger partial charge in [-0.3, -0.25) is 4.79 Å². The normalized spacial score (nSPS) is 23.5. The number of nitrogens with one attached hydrogen (secondary N) is 2. The fourth-order valence-electron chi connectivity index (χ4n) is 5.92. The summed E-state index contributed by atoms with van der Waals surface area (Å²) in [6.45, 7) is 0. The Morgan fingerprint density at radius 2 is 1.74 bits per heavy atom. The fraction of sp³-hybridized carbons (Fsp3) is 0.296. The molecule has 0 saturated heterocycles. The van der Waals surface area contributed by atoms with Crippen molar-refractivity contribution < 1.29 is 18.7 Å². The van der Waals surface area contributed by atoms with Crippen LogP contribution >= 0.6 is 0 Å². The Hall–Kier alpha value is -3.81. The first-order chi connectivity index (χ1) is 17.0. The molecule has 7 rings (SSSR count). The van der Waals surface area contributed by atoms with E-state index >= 15 is 0 Å². The molecule has 3 N–H and O–H groups in total. The van der Waals surface area contributed by atoms with Crippen LogP contribution in [0.5, 0.6) is 0 Å². The maximum Gasteiger partial charge on any atom is 0.308 e. The summed E-state index contributed by atoms with van der Waals surface area (Å²) in [5, 5.41) is 13.8. The lowest BCUT2D eigenvalue weighted by Gasteiger charge is -2.47. The van der Waals surface area contributed by atoms with Crippen LogP contribution in [0, 0.1) is 29.4 Å². The molecule has 3 aliphatic carbocycles. The highest BCUT2D eigenvalue weighted by Gasteiger charge is 2.47. The molecule has 3 saturated carbocycles. The molecule has 0 spiro atoms. The van der Waals surface area contributed by atoms with Gasteiger partial charge < -0.3 is 15.4 Å². The van der Waals surface area contributed by atoms with Gasteiger partial charge in [-0.05, 0) is 43.6 Å². The van der Waals surface area contributed by atoms with Gasteiger partial charge in [-0.25, -0.2) is 18.7 Å². The van der Waals surface area contributed by atoms with Crippen molar-refractivity contribution in [2.24, 2.45) is 17.8 Å². The van der Waals surface area contributed by atoms with E-state index < -0.39 is 23.5 Å². The molecular weight excluding hydrogens is 450 g/mol. The zero-order valence-electron chi connectivity index (χ0n) is 18.8. The van der Waals surface area contributed by atoms with Crippen molar-refractivity contribution in [1.29, 1.82) is 0 Å². The minimum Gasteiger partial charge on any atom is -0.481 e. The van der Waals surface area contributed by atoms with E-state index in [0.29, 0.717) is 28.3 Å². The summed E-state index contributed by atoms with van der Waals surface area (Å²) >= 11 is 0. The second-order valence-electron chi connectivity index (χ2n) is 9.55. The van der Waals surface area contributed by atoms with Crippen molar-refractivity contribution in [3.8, 4) is 22.6 Å². The van der Waals surface area contributed by atoms with Crippen molar-refractivity contribution in [1.82, 2.24) is 15.0 Å². The van der Waals surface area contributed by atoms with E-state index in [1.54, 1.807) is 6.20 Å². The molecule has 8 heteroatoms. The summed E-state index contributed by atoms with van der Waals surface area (Å²) < 4.78 is 28.4. The quantitative estimate of drug-likeness (QED) is 0.336. The Bertz CT molecular complexity index is 1410. The number of aromatic nitrogens is 3. The van der Waals surface area contributed by atoms with Crippen molar-refractivity contribution in [2.75, 3.05) is 5.32 Å². The van der Waals surface area contributed by atoms with E-state index in [-0.39, 0.29) is 23.4 Å². The van der Waals surface area contributed by atoms with Crippen LogP contribution in [-0.4, -0.2) is 32.1 Å². The topological polar surface area (TPSA) is 90.9 Å². The Labute approximate surface area is 200 Å². The highest BCUT2D eigenvalue weighted by molar-refractivity contribution is 5.94. The molecule has 2 heterocycles. The van der Waals surface area contributed by atoms with Gasteiger partial charge in [0.1, 0.15) is 17.5 Å². The summed E-state index contributed by atoms with van der Waals surface area (Å²) in [6, 6.07) is 13.2. The van der Waals surface area contributed by atoms with Crippen LogP contribution in [-0.2, 0) is 4.79 Å². The number of nitrogens with zero attached hydrogens (tertiary/aromatic N) is 2. The lowest BCUT2D eigenvalue weighted by atomic mass is 9.61. The van der Waals surface area contributed by atoms with Crippen molar-refractivity contribution >= 4 is 22.7 Å². The van der Waals surface area contributed by atoms with Crippen LogP contribution in [0.25, 0.3) is 33.5 Å². The predicted molar refractivity (Wildman–Crippen MR) is 129 cm³/mol. The minimum atomic E-state index is -0.781. The number of anilines is 1. The molecule has 6 nitrogen and oxygen atoms in total. The molecule has 35 heavy (non-hydrogen) atoms. The second-order valence-corrected chi connectivity index (χ2v) is 9.55. The van der Waals surface area contributed by atoms with E-state index in [1.165, 1.54) is 6.07 Å². The fourth-order valence-corrected chi connectivity index (χ4v) is 5.92. The Morgan fingerprint density at radius 3 is 2.49 bits per heavy atom. The smallest absolute Gasteiger partial charge is 0.308 e. The van der Waals surface area contributed by atoms with Gasteiger partial charge in [0.25, 0.3) is 0 Å². The number of carbonyl (C=O) groups is 1. The number of rotatable bonds is 5. The molecule has 0 amide bonds. The number of hydrogen-bond donors (Lipinski definition) is 3. The Morgan fingerprint density at radius 1 is 1.00 bits per heavy atom. The predicted octanol–water partition coefficient (Wildman–Crippen LogP) is 5.87. The Balaban J connectivity index is 1.47. The summed E-state index contributed by atoms with van der Waals surface area (Å²) in [6.07, 6.45) is 5.45. The van der Waals surface area contributed by atoms with Crippen LogP contribution in [0.2, 0.25) is 0 Å². The summed E-state index contributed by atoms with van der Waals surface area (Å²) in [7, 11) is 0. The number of H-pyrrole nitrogens is 1. The van der Waals surface area contributed by atoms with Gasteiger partial charge in [-0.15, -0.1) is 0 Å². The third kappa shape index (κ3) is 3.83. The second kappa shape index (κ2) is 8.45. The third-order valence-electron chi connectivity index (χ3n) is 7.56. The van der Waals surface area contributed by atoms with Gasteiger partial charge in [0.15, 0.2) is 5.82 Å². The van der Waals surface area contributed by atoms with E-state index in [2.05, 4.69) is 10.3 Å². The summed E-state index contributed by atoms with van der Waals surface area (Å²) in [5.74, 6) is -1.40. The van der Waals surface area contributed by atoms with Gasteiger partial charge in [-0.1, -0.05) is 30.3 Å². The number of benzene rings is 2. The van der Waals surface area contributed by atoms with Gasteiger partial charge in [0.05, 0.1) is 17.1 Å². The lowest BCUT2D eigenvalue weighted by Crippen LogP contribution is -2.51. The Kier molecular flexibility index (Phi) is 5.24. The van der Waals surface area contributed by atoms with Crippen molar-refractivity contribution in [3.63, 3.8) is 0 Å². The molecule has 0 radical (unpaired) electrons. The van der Waals surface area contributed by atoms with Crippen LogP contribution in [0.4, 0.5) is 14.6 Å². The molecule has 2 aromatic carbocycles. The van der Waals surface area contributed by atoms with E-state index in [1.807, 2.05) is 36.4 Å². The highest BCUT2D eigenvalue weighted by Crippen LogP contribution is 2.46. The first-order valence-corrected chi connectivity index (χ1v) is 11.9. The zero-order valence-corrected chi connectivity index (χ0v) is 18.8. The molecule has 3 aliphatic rings. The minimum absolute atomic E-state index is 0.157. The number of hydrogen-bond acceptors (Lipinski definition) is 4. The molecule has 178 valence electrons. The van der Waals surface area contributed by atoms with E-state index in [4.69, 9.17) is 9.97 Å². The number of aliphatic carboxylic acids is 1. The average molecular weight is 475 g/mol. The number of carboxylic acid groups (broad SMARTS) is 1. The summed E-state index contributed by atoms with van der Waals surface area (Å²) in [4.78, 5) is 24.4. The number of aromatic amines is 1. The van der Waals surface area contributed by atoms with Crippen molar-refractivity contribution in [3.05, 3.63) is 66.4 Å². The summed E-state index contributed by atoms with van der Waals surface area (Å²) in [5.41, 5.74) is 2.15. The highest BCUT2D eigenvalue weighted by atomic mass is 19.1. The zero-order chi connectivity index (χ0) is 24.1. The molecule has 2 atom stereocenters. The third-order valence-corrected chi connectivity index (χ3v) is 7.56. The molecule has 0 aliphatic heterocycles. The monoisotopic (exact) mass is 474 g/mol. The number of carboxylic acids is 1. The van der Waals surface area contributed by atoms with Crippen LogP contribution in [0.1, 0.15) is 25.7 Å². The number of fused-ring (bicyclic) bond motifs is 4. The first kappa shape index (κ1) is 21.7. The van der Waals surface area contributed by atoms with Crippen LogP contribution in [0.3, 0.4) is 0 Å². The molecule has 2 bridgehead atoms. The standard InChI is InChI=1S/C27H24F2N4O2/c28-17-10-18-19(13-30-25(18)20(29)11-17)26-31-21(14-4-2-1-3-5-14)12-22(33-26)32-24-16-8-6-15(7-9-16)23(24)27(34)35/h1-5,10-13,15-16,23-24,30H,6-9H2,(H,34,35)(H,31,32,33)/t15?,16?,23-,24-/m1/s1. The average Bonchev–Trinajstić information content (AvgIpc) is 3.29. The van der Waals surface area contributed by atoms with E-state index in [0.717, 1.165) is 37.3 Å². The molecule has 2 aromatic heterocycles. The lowest BCUT2D eigenvalue weighted by molar-refractivity contribution is -0.148. The van der Waals surface area contributed by atoms with Crippen LogP contribution in [0.15, 0.2) is 54.7 Å². The van der Waals surface area contributed by atoms with Crippen molar-refractivity contribution in [2.45, 2.75) is 31.7 Å². The van der Waals surface area contributed by atoms with Gasteiger partial charge in [0.2, 0.25) is 0 Å². The largest absolute Gasteiger partial charge is 0.481 e. The van der Waals surface area contributed by atoms with E-state index in [9.17, 15) is 18.7 Å². The van der Waals surface area contributed by atoms with Gasteiger partial charge in [0, 0.05) is 40.9 Å². The van der Waals surface area contributed by atoms with Gasteiger partial charge >= 0.3 is 5.97 Å². The molecule has 4 aromatic rings. The first-order valence-electron chi connectivity index (χ1n) is 11.9. The maximum absolute atomic E-state index is 14.3.